The molecule has 0 amide bonds. The molecule has 2 nitrogen and oxygen atoms in total. The zero-order valence-corrected chi connectivity index (χ0v) is 10.9. The molecule has 0 spiro atoms. The van der Waals surface area contributed by atoms with E-state index in [0.29, 0.717) is 0 Å². The number of aryl methyl sites for hydroxylation is 1. The van der Waals surface area contributed by atoms with Gasteiger partial charge < -0.3 is 10.8 Å². The Kier molecular flexibility index (Phi) is 3.39. The number of nitrogens with two attached hydrogens (primary N) is 1. The van der Waals surface area contributed by atoms with E-state index < -0.39 is 5.54 Å². The minimum absolute atomic E-state index is 0.285. The van der Waals surface area contributed by atoms with Crippen LogP contribution in [0.4, 0.5) is 0 Å². The van der Waals surface area contributed by atoms with Gasteiger partial charge in [-0.25, -0.2) is 0 Å². The smallest absolute Gasteiger partial charge is 0.115 e. The average molecular weight is 241 g/mol. The molecule has 0 saturated carbocycles. The molecular formula is C16H19NO. The van der Waals surface area contributed by atoms with Gasteiger partial charge in [-0.05, 0) is 43.5 Å². The second-order valence-electron chi connectivity index (χ2n) is 5.13. The Hall–Kier alpha value is -1.80. The normalized spacial score (nSPS) is 14.2. The van der Waals surface area contributed by atoms with Crippen molar-refractivity contribution in [3.05, 3.63) is 65.2 Å². The predicted octanol–water partition coefficient (Wildman–Crippen LogP) is 3.12. The van der Waals surface area contributed by atoms with E-state index in [-0.39, 0.29) is 5.75 Å². The van der Waals surface area contributed by atoms with Gasteiger partial charge in [0.25, 0.3) is 0 Å². The maximum Gasteiger partial charge on any atom is 0.115 e. The van der Waals surface area contributed by atoms with Crippen LogP contribution in [0, 0.1) is 6.92 Å². The Morgan fingerprint density at radius 1 is 1.11 bits per heavy atom. The molecule has 0 saturated heterocycles. The van der Waals surface area contributed by atoms with Gasteiger partial charge in [-0.15, -0.1) is 0 Å². The largest absolute Gasteiger partial charge is 0.508 e. The summed E-state index contributed by atoms with van der Waals surface area (Å²) in [6, 6.07) is 15.5. The number of rotatable bonds is 3. The summed E-state index contributed by atoms with van der Waals surface area (Å²) in [5.41, 5.74) is 9.49. The van der Waals surface area contributed by atoms with Crippen LogP contribution in [0.15, 0.2) is 48.5 Å². The first-order valence-electron chi connectivity index (χ1n) is 6.11. The summed E-state index contributed by atoms with van der Waals surface area (Å²) in [6.07, 6.45) is 0.747. The lowest BCUT2D eigenvalue weighted by atomic mass is 9.86. The van der Waals surface area contributed by atoms with Gasteiger partial charge in [0.2, 0.25) is 0 Å². The zero-order valence-electron chi connectivity index (χ0n) is 10.9. The Labute approximate surface area is 108 Å². The van der Waals surface area contributed by atoms with Gasteiger partial charge in [-0.1, -0.05) is 42.0 Å². The first-order chi connectivity index (χ1) is 8.47. The molecule has 3 N–H and O–H groups in total. The highest BCUT2D eigenvalue weighted by Crippen LogP contribution is 2.24. The molecule has 0 aliphatic rings. The molecule has 0 radical (unpaired) electrons. The molecule has 0 aliphatic heterocycles. The van der Waals surface area contributed by atoms with Crippen LogP contribution in [0.2, 0.25) is 0 Å². The van der Waals surface area contributed by atoms with E-state index in [1.54, 1.807) is 12.1 Å². The number of phenolic OH excluding ortho intramolecular Hbond substituents is 1. The number of hydrogen-bond acceptors (Lipinski definition) is 2. The van der Waals surface area contributed by atoms with Crippen LogP contribution in [0.5, 0.6) is 5.75 Å². The molecule has 2 rings (SSSR count). The Morgan fingerprint density at radius 3 is 2.39 bits per heavy atom. The third-order valence-corrected chi connectivity index (χ3v) is 3.19. The van der Waals surface area contributed by atoms with Crippen molar-refractivity contribution in [3.8, 4) is 5.75 Å². The number of phenols is 1. The van der Waals surface area contributed by atoms with Gasteiger partial charge in [0.15, 0.2) is 0 Å². The van der Waals surface area contributed by atoms with Crippen molar-refractivity contribution in [2.45, 2.75) is 25.8 Å². The van der Waals surface area contributed by atoms with Crippen molar-refractivity contribution >= 4 is 0 Å². The maximum atomic E-state index is 9.28. The summed E-state index contributed by atoms with van der Waals surface area (Å²) >= 11 is 0. The third kappa shape index (κ3) is 2.90. The van der Waals surface area contributed by atoms with Crippen molar-refractivity contribution in [1.29, 1.82) is 0 Å². The Balaban J connectivity index is 2.23. The van der Waals surface area contributed by atoms with E-state index >= 15 is 0 Å². The van der Waals surface area contributed by atoms with Gasteiger partial charge in [-0.3, -0.25) is 0 Å². The van der Waals surface area contributed by atoms with Crippen LogP contribution >= 0.6 is 0 Å². The van der Waals surface area contributed by atoms with Gasteiger partial charge in [0.1, 0.15) is 5.75 Å². The second-order valence-corrected chi connectivity index (χ2v) is 5.13. The van der Waals surface area contributed by atoms with Crippen LogP contribution in [0.25, 0.3) is 0 Å². The van der Waals surface area contributed by atoms with Crippen molar-refractivity contribution in [2.24, 2.45) is 5.73 Å². The zero-order chi connectivity index (χ0) is 13.2. The minimum Gasteiger partial charge on any atom is -0.508 e. The van der Waals surface area contributed by atoms with Crippen LogP contribution in [0.3, 0.4) is 0 Å². The minimum atomic E-state index is -0.400. The number of hydrogen-bond donors (Lipinski definition) is 2. The molecule has 0 bridgehead atoms. The topological polar surface area (TPSA) is 46.2 Å². The van der Waals surface area contributed by atoms with E-state index in [4.69, 9.17) is 5.73 Å². The lowest BCUT2D eigenvalue weighted by molar-refractivity contribution is 0.472. The molecule has 2 aromatic carbocycles. The van der Waals surface area contributed by atoms with Crippen LogP contribution < -0.4 is 5.73 Å². The van der Waals surface area contributed by atoms with Crippen molar-refractivity contribution < 1.29 is 5.11 Å². The van der Waals surface area contributed by atoms with Crippen LogP contribution in [-0.2, 0) is 12.0 Å². The number of aromatic hydroxyl groups is 1. The molecule has 0 aliphatic carbocycles. The highest BCUT2D eigenvalue weighted by Gasteiger charge is 2.21. The molecule has 18 heavy (non-hydrogen) atoms. The van der Waals surface area contributed by atoms with Crippen LogP contribution in [0.1, 0.15) is 23.6 Å². The molecule has 2 aromatic rings. The predicted molar refractivity (Wildman–Crippen MR) is 74.5 cm³/mol. The summed E-state index contributed by atoms with van der Waals surface area (Å²) in [5.74, 6) is 0.285. The fourth-order valence-corrected chi connectivity index (χ4v) is 2.14. The summed E-state index contributed by atoms with van der Waals surface area (Å²) in [6.45, 7) is 4.11. The lowest BCUT2D eigenvalue weighted by Gasteiger charge is -2.26. The summed E-state index contributed by atoms with van der Waals surface area (Å²) < 4.78 is 0. The Bertz CT molecular complexity index is 529. The van der Waals surface area contributed by atoms with Crippen molar-refractivity contribution in [1.82, 2.24) is 0 Å². The second kappa shape index (κ2) is 4.83. The maximum absolute atomic E-state index is 9.28. The Morgan fingerprint density at radius 2 is 1.78 bits per heavy atom. The van der Waals surface area contributed by atoms with Crippen molar-refractivity contribution in [3.63, 3.8) is 0 Å². The van der Waals surface area contributed by atoms with Gasteiger partial charge in [0, 0.05) is 5.54 Å². The average Bonchev–Trinajstić information content (AvgIpc) is 2.32. The summed E-state index contributed by atoms with van der Waals surface area (Å²) in [4.78, 5) is 0. The van der Waals surface area contributed by atoms with Gasteiger partial charge >= 0.3 is 0 Å². The quantitative estimate of drug-likeness (QED) is 0.867. The first-order valence-corrected chi connectivity index (χ1v) is 6.11. The molecule has 2 heteroatoms. The molecule has 0 aromatic heterocycles. The fraction of sp³-hybridized carbons (Fsp3) is 0.250. The van der Waals surface area contributed by atoms with Crippen LogP contribution in [-0.4, -0.2) is 5.11 Å². The monoisotopic (exact) mass is 241 g/mol. The SMILES string of the molecule is Cc1cccc(C(C)(N)Cc2ccc(O)cc2)c1. The van der Waals surface area contributed by atoms with E-state index in [2.05, 4.69) is 25.1 Å². The molecule has 0 fully saturated rings. The van der Waals surface area contributed by atoms with Crippen molar-refractivity contribution in [2.75, 3.05) is 0 Å². The first kappa shape index (κ1) is 12.7. The molecule has 0 heterocycles. The summed E-state index contributed by atoms with van der Waals surface area (Å²) in [7, 11) is 0. The lowest BCUT2D eigenvalue weighted by Crippen LogP contribution is -2.35. The third-order valence-electron chi connectivity index (χ3n) is 3.19. The summed E-state index contributed by atoms with van der Waals surface area (Å²) in [5, 5.41) is 9.28. The van der Waals surface area contributed by atoms with Gasteiger partial charge in [0.05, 0.1) is 0 Å². The van der Waals surface area contributed by atoms with E-state index in [1.807, 2.05) is 25.1 Å². The standard InChI is InChI=1S/C16H19NO/c1-12-4-3-5-14(10-12)16(2,17)11-13-6-8-15(18)9-7-13/h3-10,18H,11,17H2,1-2H3. The fourth-order valence-electron chi connectivity index (χ4n) is 2.14. The molecule has 1 unspecified atom stereocenters. The van der Waals surface area contributed by atoms with E-state index in [9.17, 15) is 5.11 Å². The van der Waals surface area contributed by atoms with E-state index in [0.717, 1.165) is 17.5 Å². The number of benzene rings is 2. The highest BCUT2D eigenvalue weighted by molar-refractivity contribution is 5.32. The molecule has 94 valence electrons. The molecule has 1 atom stereocenters. The molecular weight excluding hydrogens is 222 g/mol. The van der Waals surface area contributed by atoms with Gasteiger partial charge in [-0.2, -0.15) is 0 Å². The van der Waals surface area contributed by atoms with E-state index in [1.165, 1.54) is 5.56 Å². The highest BCUT2D eigenvalue weighted by atomic mass is 16.3.